The van der Waals surface area contributed by atoms with Gasteiger partial charge in [-0.25, -0.2) is 4.98 Å². The molecule has 2 bridgehead atoms. The normalized spacial score (nSPS) is 27.3. The summed E-state index contributed by atoms with van der Waals surface area (Å²) in [5.41, 5.74) is 2.32. The Morgan fingerprint density at radius 1 is 1.29 bits per heavy atom. The molecule has 4 aliphatic rings. The summed E-state index contributed by atoms with van der Waals surface area (Å²) in [5, 5.41) is 11.1. The molecule has 34 heavy (non-hydrogen) atoms. The van der Waals surface area contributed by atoms with Crippen molar-refractivity contribution in [2.24, 2.45) is 18.9 Å². The molecule has 1 saturated heterocycles. The zero-order valence-electron chi connectivity index (χ0n) is 19.7. The molecule has 7 rings (SSSR count). The number of ether oxygens (including phenoxy) is 1. The van der Waals surface area contributed by atoms with E-state index in [0.29, 0.717) is 29.7 Å². The number of anilines is 3. The number of hydrogen-bond donors (Lipinski definition) is 2. The maximum atomic E-state index is 11.8. The molecule has 178 valence electrons. The van der Waals surface area contributed by atoms with Crippen LogP contribution in [0.4, 0.5) is 17.5 Å². The topological polar surface area (TPSA) is 115 Å². The minimum Gasteiger partial charge on any atom is -0.478 e. The monoisotopic (exact) mass is 463 g/mol. The number of fused-ring (bicyclic) bond motifs is 1. The van der Waals surface area contributed by atoms with Crippen molar-refractivity contribution in [3.05, 3.63) is 25.2 Å². The lowest BCUT2D eigenvalue weighted by Gasteiger charge is -2.61. The summed E-state index contributed by atoms with van der Waals surface area (Å²) in [6, 6.07) is -0.000829. The number of nitrogens with one attached hydrogen (secondary N) is 2. The first-order chi connectivity index (χ1) is 16.4. The highest BCUT2D eigenvalue weighted by atomic mass is 16.5. The molecule has 2 unspecified atom stereocenters. The van der Waals surface area contributed by atoms with Gasteiger partial charge in [0.25, 0.3) is 5.88 Å². The van der Waals surface area contributed by atoms with Crippen LogP contribution in [0.15, 0.2) is 25.2 Å². The Bertz CT molecular complexity index is 1280. The van der Waals surface area contributed by atoms with Gasteiger partial charge in [-0.05, 0) is 37.2 Å². The van der Waals surface area contributed by atoms with Crippen molar-refractivity contribution in [3.8, 4) is 5.88 Å². The highest BCUT2D eigenvalue weighted by molar-refractivity contribution is 5.88. The average Bonchev–Trinajstić information content (AvgIpc) is 3.44. The summed E-state index contributed by atoms with van der Waals surface area (Å²) in [7, 11) is 3.54. The molecule has 1 amide bonds. The van der Waals surface area contributed by atoms with Crippen LogP contribution in [0, 0.1) is 11.8 Å². The first-order valence-corrected chi connectivity index (χ1v) is 11.7. The van der Waals surface area contributed by atoms with Crippen molar-refractivity contribution in [1.82, 2.24) is 34.6 Å². The highest BCUT2D eigenvalue weighted by Gasteiger charge is 2.58. The average molecular weight is 464 g/mol. The summed E-state index contributed by atoms with van der Waals surface area (Å²) in [6.45, 7) is 7.01. The molecule has 2 atom stereocenters. The molecule has 4 fully saturated rings. The number of hydrogen-bond acceptors (Lipinski definition) is 8. The number of nitrogens with zero attached hydrogens (tertiary/aromatic N) is 7. The number of carbonyl (C=O) groups excluding carboxylic acids is 1. The second-order valence-corrected chi connectivity index (χ2v) is 9.93. The van der Waals surface area contributed by atoms with E-state index in [9.17, 15) is 4.79 Å². The van der Waals surface area contributed by atoms with Crippen LogP contribution < -0.4 is 20.3 Å². The predicted molar refractivity (Wildman–Crippen MR) is 127 cm³/mol. The van der Waals surface area contributed by atoms with Gasteiger partial charge in [-0.1, -0.05) is 13.5 Å². The van der Waals surface area contributed by atoms with Crippen LogP contribution in [-0.4, -0.2) is 61.4 Å². The van der Waals surface area contributed by atoms with Gasteiger partial charge in [-0.3, -0.25) is 9.48 Å². The fraction of sp³-hybridized carbons (Fsp3) is 0.522. The van der Waals surface area contributed by atoms with E-state index in [4.69, 9.17) is 19.8 Å². The second kappa shape index (κ2) is 7.44. The fourth-order valence-electron chi connectivity index (χ4n) is 5.46. The minimum atomic E-state index is -0.170. The van der Waals surface area contributed by atoms with Gasteiger partial charge in [0.05, 0.1) is 31.2 Å². The molecule has 11 nitrogen and oxygen atoms in total. The van der Waals surface area contributed by atoms with E-state index < -0.39 is 0 Å². The maximum absolute atomic E-state index is 11.8. The first-order valence-electron chi connectivity index (χ1n) is 11.7. The van der Waals surface area contributed by atoms with Crippen LogP contribution in [-0.2, 0) is 17.4 Å². The predicted octanol–water partition coefficient (Wildman–Crippen LogP) is 1.95. The van der Waals surface area contributed by atoms with Gasteiger partial charge in [-0.2, -0.15) is 9.97 Å². The molecule has 4 heterocycles. The Morgan fingerprint density at radius 2 is 2.09 bits per heavy atom. The SMILES string of the molecule is C=CC(=O)NC1CN(c2nc(Nc3cn(C45CC(C4)C5)nc3OC)c3ncn(C)c3n2)CC1C. The fourth-order valence-corrected chi connectivity index (χ4v) is 5.46. The molecule has 1 aliphatic heterocycles. The molecule has 3 aliphatic carbocycles. The zero-order chi connectivity index (χ0) is 23.6. The molecule has 0 aromatic carbocycles. The third-order valence-electron chi connectivity index (χ3n) is 7.57. The van der Waals surface area contributed by atoms with Crippen molar-refractivity contribution in [3.63, 3.8) is 0 Å². The lowest BCUT2D eigenvalue weighted by atomic mass is 9.50. The van der Waals surface area contributed by atoms with Gasteiger partial charge in [-0.15, -0.1) is 5.10 Å². The lowest BCUT2D eigenvalue weighted by molar-refractivity contribution is -0.117. The smallest absolute Gasteiger partial charge is 0.256 e. The number of carbonyl (C=O) groups is 1. The van der Waals surface area contributed by atoms with Gasteiger partial charge >= 0.3 is 0 Å². The van der Waals surface area contributed by atoms with Crippen LogP contribution in [0.1, 0.15) is 26.2 Å². The number of methoxy groups -OCH3 is 1. The Balaban J connectivity index is 1.33. The van der Waals surface area contributed by atoms with Crippen LogP contribution in [0.5, 0.6) is 5.88 Å². The van der Waals surface area contributed by atoms with Crippen molar-refractivity contribution >= 4 is 34.5 Å². The van der Waals surface area contributed by atoms with Gasteiger partial charge in [0, 0.05) is 20.1 Å². The van der Waals surface area contributed by atoms with Gasteiger partial charge < -0.3 is 24.8 Å². The number of imidazole rings is 1. The van der Waals surface area contributed by atoms with Crippen LogP contribution in [0.3, 0.4) is 0 Å². The molecule has 2 N–H and O–H groups in total. The molecule has 0 radical (unpaired) electrons. The van der Waals surface area contributed by atoms with E-state index in [1.807, 2.05) is 17.8 Å². The van der Waals surface area contributed by atoms with E-state index in [-0.39, 0.29) is 23.4 Å². The Morgan fingerprint density at radius 3 is 2.76 bits per heavy atom. The zero-order valence-corrected chi connectivity index (χ0v) is 19.7. The molecule has 11 heteroatoms. The molecule has 3 saturated carbocycles. The lowest BCUT2D eigenvalue weighted by Crippen LogP contribution is -2.59. The quantitative estimate of drug-likeness (QED) is 0.511. The molecule has 0 spiro atoms. The molecular formula is C23H29N9O2. The third kappa shape index (κ3) is 3.13. The summed E-state index contributed by atoms with van der Waals surface area (Å²) in [6.07, 6.45) is 8.62. The van der Waals surface area contributed by atoms with Crippen molar-refractivity contribution in [2.45, 2.75) is 37.8 Å². The molecule has 3 aromatic heterocycles. The van der Waals surface area contributed by atoms with Crippen molar-refractivity contribution < 1.29 is 9.53 Å². The summed E-state index contributed by atoms with van der Waals surface area (Å²) in [5.74, 6) is 2.66. The second-order valence-electron chi connectivity index (χ2n) is 9.93. The number of aryl methyl sites for hydroxylation is 1. The van der Waals surface area contributed by atoms with Gasteiger partial charge in [0.2, 0.25) is 11.9 Å². The number of aromatic nitrogens is 6. The number of amides is 1. The van der Waals surface area contributed by atoms with E-state index in [0.717, 1.165) is 23.8 Å². The Labute approximate surface area is 197 Å². The first kappa shape index (κ1) is 20.9. The summed E-state index contributed by atoms with van der Waals surface area (Å²) >= 11 is 0. The van der Waals surface area contributed by atoms with Gasteiger partial charge in [0.15, 0.2) is 17.0 Å². The minimum absolute atomic E-state index is 0.000829. The Kier molecular flexibility index (Phi) is 4.58. The standard InChI is InChI=1S/C23H29N9O2/c1-5-17(33)25-15-10-31(9-13(15)2)22-27-19(18-20(28-22)30(3)12-24-18)26-16-11-32(29-21(16)34-4)23-6-14(7-23)8-23/h5,11-15H,1,6-10H2,2-4H3,(H,25,33)(H,26,27,28). The van der Waals surface area contributed by atoms with E-state index in [1.54, 1.807) is 13.4 Å². The Hall–Kier alpha value is -3.63. The van der Waals surface area contributed by atoms with Crippen molar-refractivity contribution in [2.75, 3.05) is 30.4 Å². The van der Waals surface area contributed by atoms with E-state index >= 15 is 0 Å². The van der Waals surface area contributed by atoms with Crippen LogP contribution >= 0.6 is 0 Å². The van der Waals surface area contributed by atoms with Crippen LogP contribution in [0.2, 0.25) is 0 Å². The van der Waals surface area contributed by atoms with Crippen LogP contribution in [0.25, 0.3) is 11.2 Å². The van der Waals surface area contributed by atoms with Crippen molar-refractivity contribution in [1.29, 1.82) is 0 Å². The number of rotatable bonds is 7. The largest absolute Gasteiger partial charge is 0.478 e. The highest BCUT2D eigenvalue weighted by Crippen LogP contribution is 2.62. The van der Waals surface area contributed by atoms with E-state index in [1.165, 1.54) is 25.3 Å². The maximum Gasteiger partial charge on any atom is 0.256 e. The van der Waals surface area contributed by atoms with Gasteiger partial charge in [0.1, 0.15) is 5.69 Å². The third-order valence-corrected chi connectivity index (χ3v) is 7.57. The van der Waals surface area contributed by atoms with E-state index in [2.05, 4.69) is 38.7 Å². The molecular weight excluding hydrogens is 434 g/mol. The molecule has 3 aromatic rings. The summed E-state index contributed by atoms with van der Waals surface area (Å²) < 4.78 is 9.52. The summed E-state index contributed by atoms with van der Waals surface area (Å²) in [4.78, 5) is 28.1.